The van der Waals surface area contributed by atoms with Crippen LogP contribution in [0.4, 0.5) is 0 Å². The lowest BCUT2D eigenvalue weighted by Crippen LogP contribution is -2.40. The second kappa shape index (κ2) is 7.23. The summed E-state index contributed by atoms with van der Waals surface area (Å²) in [5, 5.41) is 6.09. The smallest absolute Gasteiger partial charge is 0.234 e. The standard InChI is InChI=1S/C13H22N2O/c1-3-5-6-12(11-7-8-11)15-10-13(16)14-9-4-2/h3-4,11-12,15H,1-2,5-10H2,(H,14,16). The number of carbonyl (C=O) groups is 1. The van der Waals surface area contributed by atoms with Crippen LogP contribution in [0.5, 0.6) is 0 Å². The number of rotatable bonds is 9. The van der Waals surface area contributed by atoms with Gasteiger partial charge in [-0.1, -0.05) is 12.2 Å². The van der Waals surface area contributed by atoms with Gasteiger partial charge in [-0.2, -0.15) is 0 Å². The molecule has 1 amide bonds. The van der Waals surface area contributed by atoms with E-state index in [4.69, 9.17) is 0 Å². The highest BCUT2D eigenvalue weighted by Crippen LogP contribution is 2.34. The zero-order valence-corrected chi connectivity index (χ0v) is 9.87. The SMILES string of the molecule is C=CCCC(NCC(=O)NCC=C)C1CC1. The minimum atomic E-state index is 0.0455. The molecule has 0 aromatic rings. The third kappa shape index (κ3) is 5.12. The van der Waals surface area contributed by atoms with Gasteiger partial charge >= 0.3 is 0 Å². The van der Waals surface area contributed by atoms with Crippen LogP contribution < -0.4 is 10.6 Å². The number of amides is 1. The maximum Gasteiger partial charge on any atom is 0.234 e. The van der Waals surface area contributed by atoms with Crippen molar-refractivity contribution in [2.24, 2.45) is 5.92 Å². The van der Waals surface area contributed by atoms with Crippen LogP contribution in [-0.4, -0.2) is 25.0 Å². The number of allylic oxidation sites excluding steroid dienone is 1. The fraction of sp³-hybridized carbons (Fsp3) is 0.615. The van der Waals surface area contributed by atoms with E-state index in [2.05, 4.69) is 23.8 Å². The van der Waals surface area contributed by atoms with E-state index in [1.807, 2.05) is 6.08 Å². The molecule has 1 aliphatic carbocycles. The van der Waals surface area contributed by atoms with Gasteiger partial charge in [0.25, 0.3) is 0 Å². The van der Waals surface area contributed by atoms with E-state index in [0.717, 1.165) is 18.8 Å². The second-order valence-corrected chi connectivity index (χ2v) is 4.28. The number of nitrogens with one attached hydrogen (secondary N) is 2. The summed E-state index contributed by atoms with van der Waals surface area (Å²) in [4.78, 5) is 11.4. The first kappa shape index (κ1) is 13.0. The molecule has 3 nitrogen and oxygen atoms in total. The Bertz CT molecular complexity index is 246. The monoisotopic (exact) mass is 222 g/mol. The average molecular weight is 222 g/mol. The van der Waals surface area contributed by atoms with Crippen LogP contribution in [-0.2, 0) is 4.79 Å². The first-order valence-electron chi connectivity index (χ1n) is 5.99. The lowest BCUT2D eigenvalue weighted by Gasteiger charge is -2.17. The molecule has 2 N–H and O–H groups in total. The molecule has 1 atom stereocenters. The topological polar surface area (TPSA) is 41.1 Å². The lowest BCUT2D eigenvalue weighted by molar-refractivity contribution is -0.120. The molecule has 0 aromatic heterocycles. The molecule has 1 unspecified atom stereocenters. The Morgan fingerprint density at radius 3 is 2.69 bits per heavy atom. The molecule has 0 heterocycles. The van der Waals surface area contributed by atoms with Crippen molar-refractivity contribution >= 4 is 5.91 Å². The molecular weight excluding hydrogens is 200 g/mol. The van der Waals surface area contributed by atoms with Gasteiger partial charge in [0, 0.05) is 12.6 Å². The molecule has 90 valence electrons. The summed E-state index contributed by atoms with van der Waals surface area (Å²) in [6.45, 7) is 8.24. The average Bonchev–Trinajstić information content (AvgIpc) is 3.10. The van der Waals surface area contributed by atoms with Crippen LogP contribution in [0.2, 0.25) is 0 Å². The van der Waals surface area contributed by atoms with Crippen molar-refractivity contribution in [3.05, 3.63) is 25.3 Å². The largest absolute Gasteiger partial charge is 0.352 e. The Kier molecular flexibility index (Phi) is 5.86. The Labute approximate surface area is 98.0 Å². The summed E-state index contributed by atoms with van der Waals surface area (Å²) in [6.07, 6.45) is 8.32. The van der Waals surface area contributed by atoms with Gasteiger partial charge in [-0.05, 0) is 31.6 Å². The van der Waals surface area contributed by atoms with Crippen molar-refractivity contribution < 1.29 is 4.79 Å². The van der Waals surface area contributed by atoms with Gasteiger partial charge < -0.3 is 10.6 Å². The first-order valence-corrected chi connectivity index (χ1v) is 5.99. The molecule has 0 radical (unpaired) electrons. The van der Waals surface area contributed by atoms with Gasteiger partial charge in [0.1, 0.15) is 0 Å². The van der Waals surface area contributed by atoms with E-state index in [1.165, 1.54) is 12.8 Å². The van der Waals surface area contributed by atoms with Crippen LogP contribution in [0.1, 0.15) is 25.7 Å². The molecule has 1 aliphatic rings. The van der Waals surface area contributed by atoms with Crippen molar-refractivity contribution in [2.75, 3.05) is 13.1 Å². The zero-order chi connectivity index (χ0) is 11.8. The van der Waals surface area contributed by atoms with E-state index in [9.17, 15) is 4.79 Å². The van der Waals surface area contributed by atoms with E-state index in [-0.39, 0.29) is 5.91 Å². The molecule has 1 saturated carbocycles. The maximum atomic E-state index is 11.4. The molecule has 16 heavy (non-hydrogen) atoms. The quantitative estimate of drug-likeness (QED) is 0.582. The minimum absolute atomic E-state index is 0.0455. The highest BCUT2D eigenvalue weighted by atomic mass is 16.1. The molecular formula is C13H22N2O. The molecule has 3 heteroatoms. The van der Waals surface area contributed by atoms with Crippen LogP contribution >= 0.6 is 0 Å². The molecule has 0 spiro atoms. The van der Waals surface area contributed by atoms with E-state index in [0.29, 0.717) is 19.1 Å². The second-order valence-electron chi connectivity index (χ2n) is 4.28. The summed E-state index contributed by atoms with van der Waals surface area (Å²) in [5.74, 6) is 0.816. The van der Waals surface area contributed by atoms with E-state index >= 15 is 0 Å². The predicted molar refractivity (Wildman–Crippen MR) is 67.2 cm³/mol. The first-order chi connectivity index (χ1) is 7.77. The van der Waals surface area contributed by atoms with Crippen LogP contribution in [0.3, 0.4) is 0 Å². The number of hydrogen-bond acceptors (Lipinski definition) is 2. The van der Waals surface area contributed by atoms with Gasteiger partial charge in [-0.25, -0.2) is 0 Å². The highest BCUT2D eigenvalue weighted by molar-refractivity contribution is 5.78. The Morgan fingerprint density at radius 2 is 2.12 bits per heavy atom. The summed E-state index contributed by atoms with van der Waals surface area (Å²) in [7, 11) is 0. The normalized spacial score (nSPS) is 16.5. The molecule has 1 fully saturated rings. The molecule has 0 bridgehead atoms. The van der Waals surface area contributed by atoms with Gasteiger partial charge in [-0.3, -0.25) is 4.79 Å². The van der Waals surface area contributed by atoms with Crippen LogP contribution in [0, 0.1) is 5.92 Å². The molecule has 0 saturated heterocycles. The lowest BCUT2D eigenvalue weighted by atomic mass is 10.1. The van der Waals surface area contributed by atoms with E-state index < -0.39 is 0 Å². The predicted octanol–water partition coefficient (Wildman–Crippen LogP) is 1.62. The van der Waals surface area contributed by atoms with Crippen LogP contribution in [0.25, 0.3) is 0 Å². The molecule has 0 aromatic carbocycles. The van der Waals surface area contributed by atoms with Crippen molar-refractivity contribution in [1.29, 1.82) is 0 Å². The Balaban J connectivity index is 2.18. The summed E-state index contributed by atoms with van der Waals surface area (Å²) in [5.41, 5.74) is 0. The Hall–Kier alpha value is -1.09. The summed E-state index contributed by atoms with van der Waals surface area (Å²) >= 11 is 0. The minimum Gasteiger partial charge on any atom is -0.352 e. The third-order valence-corrected chi connectivity index (χ3v) is 2.84. The van der Waals surface area contributed by atoms with Crippen molar-refractivity contribution in [3.63, 3.8) is 0 Å². The van der Waals surface area contributed by atoms with Crippen molar-refractivity contribution in [1.82, 2.24) is 10.6 Å². The van der Waals surface area contributed by atoms with Gasteiger partial charge in [0.05, 0.1) is 6.54 Å². The third-order valence-electron chi connectivity index (χ3n) is 2.84. The van der Waals surface area contributed by atoms with Crippen molar-refractivity contribution in [2.45, 2.75) is 31.7 Å². The highest BCUT2D eigenvalue weighted by Gasteiger charge is 2.30. The summed E-state index contributed by atoms with van der Waals surface area (Å²) in [6, 6.07) is 0.479. The van der Waals surface area contributed by atoms with Gasteiger partial charge in [0.15, 0.2) is 0 Å². The molecule has 0 aliphatic heterocycles. The van der Waals surface area contributed by atoms with Gasteiger partial charge in [0.2, 0.25) is 5.91 Å². The molecule has 1 rings (SSSR count). The van der Waals surface area contributed by atoms with Crippen molar-refractivity contribution in [3.8, 4) is 0 Å². The van der Waals surface area contributed by atoms with E-state index in [1.54, 1.807) is 6.08 Å². The fourth-order valence-corrected chi connectivity index (χ4v) is 1.77. The Morgan fingerprint density at radius 1 is 1.38 bits per heavy atom. The number of hydrogen-bond donors (Lipinski definition) is 2. The van der Waals surface area contributed by atoms with Crippen LogP contribution in [0.15, 0.2) is 25.3 Å². The zero-order valence-electron chi connectivity index (χ0n) is 9.87. The summed E-state index contributed by atoms with van der Waals surface area (Å²) < 4.78 is 0. The van der Waals surface area contributed by atoms with Gasteiger partial charge in [-0.15, -0.1) is 13.2 Å². The fourth-order valence-electron chi connectivity index (χ4n) is 1.77. The maximum absolute atomic E-state index is 11.4. The number of carbonyl (C=O) groups excluding carboxylic acids is 1.